The summed E-state index contributed by atoms with van der Waals surface area (Å²) in [5.74, 6) is 0.0368. The minimum Gasteiger partial charge on any atom is -0.384 e. The summed E-state index contributed by atoms with van der Waals surface area (Å²) in [5, 5.41) is 8.23. The zero-order chi connectivity index (χ0) is 14.0. The fourth-order valence-corrected chi connectivity index (χ4v) is 3.01. The molecule has 3 N–H and O–H groups in total. The molecule has 0 aliphatic carbocycles. The number of benzene rings is 2. The topological polar surface area (TPSA) is 49.9 Å². The Morgan fingerprint density at radius 3 is 2.42 bits per heavy atom. The second-order valence-corrected chi connectivity index (χ2v) is 5.95. The molecule has 0 aliphatic rings. The maximum atomic E-state index is 7.63. The van der Waals surface area contributed by atoms with E-state index in [9.17, 15) is 0 Å². The van der Waals surface area contributed by atoms with Crippen molar-refractivity contribution in [3.8, 4) is 0 Å². The average Bonchev–Trinajstić information content (AvgIpc) is 2.34. The SMILES string of the molecule is Cc1ccc(Sc2ccc(Cl)cc2C(=N)N)c(C)c1. The molecule has 2 rings (SSSR count). The van der Waals surface area contributed by atoms with Crippen LogP contribution in [0.1, 0.15) is 16.7 Å². The van der Waals surface area contributed by atoms with Crippen molar-refractivity contribution in [2.75, 3.05) is 0 Å². The van der Waals surface area contributed by atoms with Crippen molar-refractivity contribution in [3.63, 3.8) is 0 Å². The summed E-state index contributed by atoms with van der Waals surface area (Å²) in [6, 6.07) is 11.8. The number of nitrogens with two attached hydrogens (primary N) is 1. The second kappa shape index (κ2) is 5.68. The van der Waals surface area contributed by atoms with Gasteiger partial charge in [-0.15, -0.1) is 0 Å². The molecular formula is C15H15ClN2S. The van der Waals surface area contributed by atoms with E-state index in [0.29, 0.717) is 10.6 Å². The van der Waals surface area contributed by atoms with Crippen molar-refractivity contribution in [2.45, 2.75) is 23.6 Å². The van der Waals surface area contributed by atoms with Crippen LogP contribution in [-0.2, 0) is 0 Å². The third kappa shape index (κ3) is 3.31. The average molecular weight is 291 g/mol. The minimum atomic E-state index is 0.0368. The van der Waals surface area contributed by atoms with Gasteiger partial charge >= 0.3 is 0 Å². The first-order valence-corrected chi connectivity index (χ1v) is 7.06. The van der Waals surface area contributed by atoms with Gasteiger partial charge in [0.2, 0.25) is 0 Å². The van der Waals surface area contributed by atoms with E-state index in [0.717, 1.165) is 9.79 Å². The summed E-state index contributed by atoms with van der Waals surface area (Å²) in [5.41, 5.74) is 8.75. The summed E-state index contributed by atoms with van der Waals surface area (Å²) in [6.45, 7) is 4.16. The van der Waals surface area contributed by atoms with Gasteiger partial charge in [0.1, 0.15) is 5.84 Å². The van der Waals surface area contributed by atoms with Crippen LogP contribution < -0.4 is 5.73 Å². The Kier molecular flexibility index (Phi) is 4.17. The van der Waals surface area contributed by atoms with E-state index in [1.54, 1.807) is 17.8 Å². The number of rotatable bonds is 3. The van der Waals surface area contributed by atoms with E-state index in [-0.39, 0.29) is 5.84 Å². The summed E-state index contributed by atoms with van der Waals surface area (Å²) in [7, 11) is 0. The highest BCUT2D eigenvalue weighted by Crippen LogP contribution is 2.34. The van der Waals surface area contributed by atoms with Crippen LogP contribution in [0.2, 0.25) is 5.02 Å². The third-order valence-electron chi connectivity index (χ3n) is 2.78. The molecule has 0 amide bonds. The first kappa shape index (κ1) is 14.0. The minimum absolute atomic E-state index is 0.0368. The Hall–Kier alpha value is -1.45. The van der Waals surface area contributed by atoms with Gasteiger partial charge in [0, 0.05) is 20.4 Å². The van der Waals surface area contributed by atoms with Gasteiger partial charge in [-0.05, 0) is 43.7 Å². The molecule has 0 unspecified atom stereocenters. The van der Waals surface area contributed by atoms with E-state index in [4.69, 9.17) is 22.7 Å². The molecule has 98 valence electrons. The first-order valence-electron chi connectivity index (χ1n) is 5.86. The van der Waals surface area contributed by atoms with Crippen molar-refractivity contribution < 1.29 is 0 Å². The Labute approximate surface area is 122 Å². The molecule has 2 nitrogen and oxygen atoms in total. The lowest BCUT2D eigenvalue weighted by Gasteiger charge is -2.10. The highest BCUT2D eigenvalue weighted by atomic mass is 35.5. The van der Waals surface area contributed by atoms with E-state index < -0.39 is 0 Å². The lowest BCUT2D eigenvalue weighted by molar-refractivity contribution is 1.25. The molecule has 0 saturated heterocycles. The molecule has 19 heavy (non-hydrogen) atoms. The van der Waals surface area contributed by atoms with Crippen LogP contribution in [0.3, 0.4) is 0 Å². The zero-order valence-electron chi connectivity index (χ0n) is 10.8. The van der Waals surface area contributed by atoms with Crippen molar-refractivity contribution in [1.29, 1.82) is 5.41 Å². The molecular weight excluding hydrogens is 276 g/mol. The molecule has 0 heterocycles. The van der Waals surface area contributed by atoms with E-state index in [1.165, 1.54) is 11.1 Å². The number of nitrogen functional groups attached to an aromatic ring is 1. The summed E-state index contributed by atoms with van der Waals surface area (Å²) < 4.78 is 0. The van der Waals surface area contributed by atoms with Crippen LogP contribution in [0, 0.1) is 19.3 Å². The molecule has 0 aliphatic heterocycles. The fraction of sp³-hybridized carbons (Fsp3) is 0.133. The van der Waals surface area contributed by atoms with Gasteiger partial charge in [-0.25, -0.2) is 0 Å². The summed E-state index contributed by atoms with van der Waals surface area (Å²) in [6.07, 6.45) is 0. The maximum absolute atomic E-state index is 7.63. The first-order chi connectivity index (χ1) is 8.97. The lowest BCUT2D eigenvalue weighted by Crippen LogP contribution is -2.12. The molecule has 0 atom stereocenters. The molecule has 2 aromatic rings. The number of hydrogen-bond donors (Lipinski definition) is 2. The number of halogens is 1. The number of aryl methyl sites for hydroxylation is 2. The van der Waals surface area contributed by atoms with Crippen molar-refractivity contribution in [1.82, 2.24) is 0 Å². The van der Waals surface area contributed by atoms with E-state index >= 15 is 0 Å². The number of hydrogen-bond acceptors (Lipinski definition) is 2. The highest BCUT2D eigenvalue weighted by Gasteiger charge is 2.09. The molecule has 4 heteroatoms. The Balaban J connectivity index is 2.40. The van der Waals surface area contributed by atoms with Crippen LogP contribution in [0.4, 0.5) is 0 Å². The lowest BCUT2D eigenvalue weighted by atomic mass is 10.2. The predicted octanol–water partition coefficient (Wildman–Crippen LogP) is 4.39. The standard InChI is InChI=1S/C15H15ClN2S/c1-9-3-5-13(10(2)7-9)19-14-6-4-11(16)8-12(14)15(17)18/h3-8H,1-2H3,(H3,17,18). The van der Waals surface area contributed by atoms with Gasteiger partial charge in [0.15, 0.2) is 0 Å². The monoisotopic (exact) mass is 290 g/mol. The van der Waals surface area contributed by atoms with Crippen molar-refractivity contribution in [2.24, 2.45) is 5.73 Å². The van der Waals surface area contributed by atoms with Gasteiger partial charge in [0.25, 0.3) is 0 Å². The van der Waals surface area contributed by atoms with Crippen molar-refractivity contribution in [3.05, 3.63) is 58.1 Å². The Morgan fingerprint density at radius 1 is 1.11 bits per heavy atom. The highest BCUT2D eigenvalue weighted by molar-refractivity contribution is 7.99. The normalized spacial score (nSPS) is 10.5. The molecule has 0 radical (unpaired) electrons. The van der Waals surface area contributed by atoms with Crippen molar-refractivity contribution >= 4 is 29.2 Å². The van der Waals surface area contributed by atoms with Gasteiger partial charge in [-0.3, -0.25) is 5.41 Å². The van der Waals surface area contributed by atoms with Crippen LogP contribution >= 0.6 is 23.4 Å². The molecule has 0 bridgehead atoms. The Morgan fingerprint density at radius 2 is 1.79 bits per heavy atom. The van der Waals surface area contributed by atoms with Crippen LogP contribution in [-0.4, -0.2) is 5.84 Å². The van der Waals surface area contributed by atoms with Gasteiger partial charge in [-0.1, -0.05) is 41.1 Å². The number of nitrogens with one attached hydrogen (secondary N) is 1. The molecule has 0 fully saturated rings. The summed E-state index contributed by atoms with van der Waals surface area (Å²) in [4.78, 5) is 2.11. The van der Waals surface area contributed by atoms with E-state index in [2.05, 4.69) is 32.0 Å². The van der Waals surface area contributed by atoms with Gasteiger partial charge < -0.3 is 5.73 Å². The quantitative estimate of drug-likeness (QED) is 0.650. The molecule has 2 aromatic carbocycles. The second-order valence-electron chi connectivity index (χ2n) is 4.43. The predicted molar refractivity (Wildman–Crippen MR) is 82.5 cm³/mol. The van der Waals surface area contributed by atoms with Gasteiger partial charge in [-0.2, -0.15) is 0 Å². The number of amidine groups is 1. The van der Waals surface area contributed by atoms with Crippen LogP contribution in [0.5, 0.6) is 0 Å². The van der Waals surface area contributed by atoms with E-state index in [1.807, 2.05) is 12.1 Å². The zero-order valence-corrected chi connectivity index (χ0v) is 12.4. The van der Waals surface area contributed by atoms with Gasteiger partial charge in [0.05, 0.1) is 0 Å². The summed E-state index contributed by atoms with van der Waals surface area (Å²) >= 11 is 7.56. The molecule has 0 spiro atoms. The molecule has 0 saturated carbocycles. The largest absolute Gasteiger partial charge is 0.384 e. The Bertz CT molecular complexity index is 638. The van der Waals surface area contributed by atoms with Crippen LogP contribution in [0.15, 0.2) is 46.2 Å². The fourth-order valence-electron chi connectivity index (χ4n) is 1.83. The van der Waals surface area contributed by atoms with Crippen LogP contribution in [0.25, 0.3) is 0 Å². The molecule has 0 aromatic heterocycles. The third-order valence-corrected chi connectivity index (χ3v) is 4.27. The maximum Gasteiger partial charge on any atom is 0.123 e. The smallest absolute Gasteiger partial charge is 0.123 e.